The highest BCUT2D eigenvalue weighted by Gasteiger charge is 2.30. The molecule has 0 atom stereocenters. The summed E-state index contributed by atoms with van der Waals surface area (Å²) in [6.45, 7) is 2.32. The van der Waals surface area contributed by atoms with E-state index in [9.17, 15) is 17.2 Å². The Morgan fingerprint density at radius 3 is 2.27 bits per heavy atom. The lowest BCUT2D eigenvalue weighted by molar-refractivity contribution is 0.181. The highest BCUT2D eigenvalue weighted by Crippen LogP contribution is 2.22. The predicted octanol–water partition coefficient (Wildman–Crippen LogP) is 3.19. The highest BCUT2D eigenvalue weighted by atomic mass is 32.2. The lowest BCUT2D eigenvalue weighted by atomic mass is 10.2. The second kappa shape index (κ2) is 8.04. The number of piperazine rings is 1. The number of sulfonamides is 1. The summed E-state index contributed by atoms with van der Waals surface area (Å²) >= 11 is 1.68. The van der Waals surface area contributed by atoms with Crippen molar-refractivity contribution < 1.29 is 17.2 Å². The summed E-state index contributed by atoms with van der Waals surface area (Å²) in [5.74, 6) is -1.69. The summed E-state index contributed by atoms with van der Waals surface area (Å²) in [5, 5.41) is 0. The number of hydrogen-bond acceptors (Lipinski definition) is 4. The molecule has 0 radical (unpaired) electrons. The Morgan fingerprint density at radius 1 is 1.00 bits per heavy atom. The molecule has 0 aromatic heterocycles. The molecule has 0 saturated carbocycles. The molecule has 1 aliphatic rings. The van der Waals surface area contributed by atoms with Gasteiger partial charge in [0.05, 0.1) is 0 Å². The van der Waals surface area contributed by atoms with Gasteiger partial charge in [-0.25, -0.2) is 17.2 Å². The lowest BCUT2D eigenvalue weighted by Crippen LogP contribution is -2.48. The molecule has 2 aromatic carbocycles. The van der Waals surface area contributed by atoms with Crippen LogP contribution in [-0.4, -0.2) is 50.1 Å². The minimum atomic E-state index is -4.03. The Bertz CT molecular complexity index is 865. The van der Waals surface area contributed by atoms with Gasteiger partial charge in [-0.05, 0) is 42.2 Å². The smallest absolute Gasteiger partial charge is 0.246 e. The van der Waals surface area contributed by atoms with Crippen molar-refractivity contribution in [3.05, 3.63) is 59.7 Å². The predicted molar refractivity (Wildman–Crippen MR) is 98.6 cm³/mol. The number of nitrogens with zero attached hydrogens (tertiary/aromatic N) is 2. The van der Waals surface area contributed by atoms with E-state index in [0.717, 1.165) is 30.3 Å². The minimum Gasteiger partial charge on any atom is -0.296 e. The first-order valence-electron chi connectivity index (χ1n) is 8.20. The summed E-state index contributed by atoms with van der Waals surface area (Å²) in [6.07, 6.45) is 2.02. The van der Waals surface area contributed by atoms with E-state index in [1.54, 1.807) is 11.8 Å². The first-order chi connectivity index (χ1) is 12.4. The van der Waals surface area contributed by atoms with E-state index in [4.69, 9.17) is 0 Å². The fraction of sp³-hybridized carbons (Fsp3) is 0.333. The zero-order chi connectivity index (χ0) is 18.7. The molecular weight excluding hydrogens is 378 g/mol. The van der Waals surface area contributed by atoms with E-state index in [-0.39, 0.29) is 13.1 Å². The van der Waals surface area contributed by atoms with Crippen LogP contribution < -0.4 is 0 Å². The maximum absolute atomic E-state index is 13.9. The first-order valence-corrected chi connectivity index (χ1v) is 10.9. The van der Waals surface area contributed by atoms with Gasteiger partial charge in [-0.3, -0.25) is 4.90 Å². The van der Waals surface area contributed by atoms with Crippen molar-refractivity contribution in [2.24, 2.45) is 0 Å². The Kier molecular flexibility index (Phi) is 5.96. The molecule has 3 rings (SSSR count). The zero-order valence-electron chi connectivity index (χ0n) is 14.4. The van der Waals surface area contributed by atoms with Gasteiger partial charge in [0.2, 0.25) is 10.0 Å². The van der Waals surface area contributed by atoms with Crippen molar-refractivity contribution in [1.82, 2.24) is 9.21 Å². The number of halogens is 2. The van der Waals surface area contributed by atoms with E-state index >= 15 is 0 Å². The van der Waals surface area contributed by atoms with Crippen LogP contribution in [0.4, 0.5) is 8.78 Å². The molecule has 2 aromatic rings. The molecule has 1 heterocycles. The van der Waals surface area contributed by atoms with E-state index in [0.29, 0.717) is 13.1 Å². The molecule has 1 fully saturated rings. The second-order valence-corrected chi connectivity index (χ2v) is 8.89. The van der Waals surface area contributed by atoms with Crippen LogP contribution in [0, 0.1) is 11.6 Å². The molecule has 8 heteroatoms. The Labute approximate surface area is 156 Å². The van der Waals surface area contributed by atoms with Crippen LogP contribution >= 0.6 is 11.8 Å². The number of rotatable bonds is 5. The first kappa shape index (κ1) is 19.3. The van der Waals surface area contributed by atoms with Crippen molar-refractivity contribution in [3.8, 4) is 0 Å². The van der Waals surface area contributed by atoms with Crippen LogP contribution in [0.1, 0.15) is 5.56 Å². The standard InChI is InChI=1S/C18H20F2N2O2S2/c1-25-16-5-2-14(3-6-16)13-21-8-10-22(11-9-21)26(23,24)18-12-15(19)4-7-17(18)20/h2-7,12H,8-11,13H2,1H3. The van der Waals surface area contributed by atoms with Crippen molar-refractivity contribution in [3.63, 3.8) is 0 Å². The van der Waals surface area contributed by atoms with E-state index in [1.807, 2.05) is 6.26 Å². The van der Waals surface area contributed by atoms with Crippen LogP contribution in [-0.2, 0) is 16.6 Å². The fourth-order valence-corrected chi connectivity index (χ4v) is 4.84. The van der Waals surface area contributed by atoms with Gasteiger partial charge in [0.15, 0.2) is 0 Å². The van der Waals surface area contributed by atoms with E-state index < -0.39 is 26.6 Å². The zero-order valence-corrected chi connectivity index (χ0v) is 16.0. The van der Waals surface area contributed by atoms with Gasteiger partial charge in [-0.15, -0.1) is 11.8 Å². The normalized spacial score (nSPS) is 16.7. The SMILES string of the molecule is CSc1ccc(CN2CCN(S(=O)(=O)c3cc(F)ccc3F)CC2)cc1. The van der Waals surface area contributed by atoms with Crippen LogP contribution in [0.5, 0.6) is 0 Å². The highest BCUT2D eigenvalue weighted by molar-refractivity contribution is 7.98. The summed E-state index contributed by atoms with van der Waals surface area (Å²) < 4.78 is 53.6. The van der Waals surface area contributed by atoms with E-state index in [2.05, 4.69) is 29.2 Å². The summed E-state index contributed by atoms with van der Waals surface area (Å²) in [5.41, 5.74) is 1.16. The maximum atomic E-state index is 13.9. The minimum absolute atomic E-state index is 0.251. The van der Waals surface area contributed by atoms with Crippen molar-refractivity contribution in [1.29, 1.82) is 0 Å². The van der Waals surface area contributed by atoms with Gasteiger partial charge in [-0.1, -0.05) is 12.1 Å². The summed E-state index contributed by atoms with van der Waals surface area (Å²) in [6, 6.07) is 10.8. The van der Waals surface area contributed by atoms with Crippen LogP contribution in [0.3, 0.4) is 0 Å². The second-order valence-electron chi connectivity index (χ2n) is 6.10. The molecule has 1 saturated heterocycles. The third-order valence-electron chi connectivity index (χ3n) is 4.41. The number of thioether (sulfide) groups is 1. The van der Waals surface area contributed by atoms with Crippen molar-refractivity contribution in [2.75, 3.05) is 32.4 Å². The molecular formula is C18H20F2N2O2S2. The lowest BCUT2D eigenvalue weighted by Gasteiger charge is -2.34. The molecule has 26 heavy (non-hydrogen) atoms. The third-order valence-corrected chi connectivity index (χ3v) is 7.06. The van der Waals surface area contributed by atoms with E-state index in [1.165, 1.54) is 9.20 Å². The van der Waals surface area contributed by atoms with Crippen molar-refractivity contribution >= 4 is 21.8 Å². The average Bonchev–Trinajstić information content (AvgIpc) is 2.65. The third kappa shape index (κ3) is 4.25. The number of hydrogen-bond donors (Lipinski definition) is 0. The molecule has 0 unspecified atom stereocenters. The van der Waals surface area contributed by atoms with Gasteiger partial charge in [0.25, 0.3) is 0 Å². The van der Waals surface area contributed by atoms with Crippen LogP contribution in [0.2, 0.25) is 0 Å². The Morgan fingerprint density at radius 2 is 1.65 bits per heavy atom. The van der Waals surface area contributed by atoms with Gasteiger partial charge in [-0.2, -0.15) is 4.31 Å². The molecule has 0 N–H and O–H groups in total. The molecule has 140 valence electrons. The molecule has 1 aliphatic heterocycles. The van der Waals surface area contributed by atoms with Crippen molar-refractivity contribution in [2.45, 2.75) is 16.3 Å². The summed E-state index contributed by atoms with van der Waals surface area (Å²) in [7, 11) is -4.03. The number of benzene rings is 2. The maximum Gasteiger partial charge on any atom is 0.246 e. The molecule has 0 amide bonds. The van der Waals surface area contributed by atoms with Gasteiger partial charge in [0.1, 0.15) is 16.5 Å². The molecule has 0 bridgehead atoms. The summed E-state index contributed by atoms with van der Waals surface area (Å²) in [4.78, 5) is 2.75. The van der Waals surface area contributed by atoms with Gasteiger partial charge < -0.3 is 0 Å². The van der Waals surface area contributed by atoms with Gasteiger partial charge >= 0.3 is 0 Å². The fourth-order valence-electron chi connectivity index (χ4n) is 2.93. The molecule has 4 nitrogen and oxygen atoms in total. The largest absolute Gasteiger partial charge is 0.296 e. The molecule has 0 spiro atoms. The Balaban J connectivity index is 1.64. The van der Waals surface area contributed by atoms with Crippen LogP contribution in [0.25, 0.3) is 0 Å². The van der Waals surface area contributed by atoms with Gasteiger partial charge in [0, 0.05) is 37.6 Å². The molecule has 0 aliphatic carbocycles. The topological polar surface area (TPSA) is 40.6 Å². The monoisotopic (exact) mass is 398 g/mol. The Hall–Kier alpha value is -1.48. The average molecular weight is 399 g/mol. The quantitative estimate of drug-likeness (QED) is 0.726. The van der Waals surface area contributed by atoms with Crippen LogP contribution in [0.15, 0.2) is 52.3 Å².